The average Bonchev–Trinajstić information content (AvgIpc) is 3.18. The van der Waals surface area contributed by atoms with Crippen molar-refractivity contribution in [1.29, 1.82) is 0 Å². The molecule has 0 saturated carbocycles. The lowest BCUT2D eigenvalue weighted by Gasteiger charge is -2.38. The van der Waals surface area contributed by atoms with Crippen LogP contribution in [0.1, 0.15) is 18.9 Å². The van der Waals surface area contributed by atoms with Crippen molar-refractivity contribution >= 4 is 35.1 Å². The SMILES string of the molecule is Cc1cccc(Cl)c1N1CC=C[C@]23O[C@@H]4C=CCCOC(=O)[C@@H]4[C@H]2C(=O)N([C@H](C)CO)C3C1=O. The van der Waals surface area contributed by atoms with Gasteiger partial charge in [0.25, 0.3) is 5.91 Å². The molecule has 4 aliphatic heterocycles. The fourth-order valence-electron chi connectivity index (χ4n) is 5.77. The zero-order valence-corrected chi connectivity index (χ0v) is 19.8. The highest BCUT2D eigenvalue weighted by molar-refractivity contribution is 6.34. The van der Waals surface area contributed by atoms with Crippen molar-refractivity contribution in [1.82, 2.24) is 4.90 Å². The van der Waals surface area contributed by atoms with Crippen LogP contribution in [0.3, 0.4) is 0 Å². The van der Waals surface area contributed by atoms with E-state index in [0.29, 0.717) is 17.1 Å². The normalized spacial score (nSPS) is 33.6. The fraction of sp³-hybridized carbons (Fsp3) is 0.480. The zero-order chi connectivity index (χ0) is 24.2. The summed E-state index contributed by atoms with van der Waals surface area (Å²) in [5, 5.41) is 10.4. The molecule has 34 heavy (non-hydrogen) atoms. The molecule has 1 spiro atoms. The number of likely N-dealkylation sites (tertiary alicyclic amines) is 1. The Labute approximate surface area is 202 Å². The van der Waals surface area contributed by atoms with Crippen molar-refractivity contribution in [3.05, 3.63) is 53.1 Å². The summed E-state index contributed by atoms with van der Waals surface area (Å²) < 4.78 is 11.9. The van der Waals surface area contributed by atoms with Gasteiger partial charge in [-0.05, 0) is 31.9 Å². The predicted octanol–water partition coefficient (Wildman–Crippen LogP) is 2.02. The minimum atomic E-state index is -1.37. The molecule has 8 nitrogen and oxygen atoms in total. The molecule has 1 aromatic carbocycles. The number of aliphatic hydroxyl groups is 1. The van der Waals surface area contributed by atoms with Crippen LogP contribution in [-0.4, -0.2) is 71.3 Å². The number of nitrogens with zero attached hydrogens (tertiary/aromatic N) is 2. The number of benzene rings is 1. The molecule has 1 N–H and O–H groups in total. The van der Waals surface area contributed by atoms with E-state index in [1.807, 2.05) is 25.1 Å². The van der Waals surface area contributed by atoms with E-state index in [2.05, 4.69) is 0 Å². The number of carbonyl (C=O) groups excluding carboxylic acids is 3. The number of halogens is 1. The van der Waals surface area contributed by atoms with Crippen LogP contribution in [-0.2, 0) is 23.9 Å². The van der Waals surface area contributed by atoms with Crippen LogP contribution in [0.4, 0.5) is 5.69 Å². The second-order valence-electron chi connectivity index (χ2n) is 9.26. The molecule has 1 unspecified atom stereocenters. The molecule has 2 saturated heterocycles. The monoisotopic (exact) mass is 486 g/mol. The third-order valence-electron chi connectivity index (χ3n) is 7.26. The Morgan fingerprint density at radius 3 is 2.76 bits per heavy atom. The third-order valence-corrected chi connectivity index (χ3v) is 7.56. The smallest absolute Gasteiger partial charge is 0.312 e. The highest BCUT2D eigenvalue weighted by Gasteiger charge is 2.72. The third kappa shape index (κ3) is 3.23. The van der Waals surface area contributed by atoms with Crippen LogP contribution < -0.4 is 4.90 Å². The van der Waals surface area contributed by atoms with Crippen LogP contribution in [0.5, 0.6) is 0 Å². The van der Waals surface area contributed by atoms with E-state index in [0.717, 1.165) is 5.56 Å². The molecule has 5 rings (SSSR count). The number of ether oxygens (including phenoxy) is 2. The molecule has 4 aliphatic rings. The van der Waals surface area contributed by atoms with Crippen molar-refractivity contribution in [2.45, 2.75) is 44.1 Å². The number of hydrogen-bond donors (Lipinski definition) is 1. The van der Waals surface area contributed by atoms with Crippen LogP contribution in [0.15, 0.2) is 42.5 Å². The van der Waals surface area contributed by atoms with Gasteiger partial charge in [-0.25, -0.2) is 0 Å². The first kappa shape index (κ1) is 23.1. The van der Waals surface area contributed by atoms with Gasteiger partial charge in [-0.15, -0.1) is 0 Å². The molecule has 9 heteroatoms. The van der Waals surface area contributed by atoms with Crippen LogP contribution in [0.25, 0.3) is 0 Å². The van der Waals surface area contributed by atoms with Crippen molar-refractivity contribution in [3.63, 3.8) is 0 Å². The van der Waals surface area contributed by atoms with Gasteiger partial charge < -0.3 is 24.4 Å². The average molecular weight is 487 g/mol. The van der Waals surface area contributed by atoms with Gasteiger partial charge in [-0.3, -0.25) is 14.4 Å². The highest BCUT2D eigenvalue weighted by Crippen LogP contribution is 2.54. The van der Waals surface area contributed by atoms with E-state index in [1.54, 1.807) is 36.1 Å². The van der Waals surface area contributed by atoms with E-state index in [1.165, 1.54) is 4.90 Å². The summed E-state index contributed by atoms with van der Waals surface area (Å²) in [5.41, 5.74) is 0.00452. The number of amides is 2. The van der Waals surface area contributed by atoms with Gasteiger partial charge in [0.1, 0.15) is 17.6 Å². The number of hydrogen-bond acceptors (Lipinski definition) is 6. The maximum Gasteiger partial charge on any atom is 0.312 e. The van der Waals surface area contributed by atoms with Crippen LogP contribution in [0.2, 0.25) is 5.02 Å². The van der Waals surface area contributed by atoms with Gasteiger partial charge in [0.15, 0.2) is 0 Å². The number of rotatable bonds is 3. The number of esters is 1. The second kappa shape index (κ2) is 8.52. The summed E-state index contributed by atoms with van der Waals surface area (Å²) in [7, 11) is 0. The molecule has 0 aliphatic carbocycles. The number of anilines is 1. The van der Waals surface area contributed by atoms with E-state index < -0.39 is 47.5 Å². The minimum Gasteiger partial charge on any atom is -0.465 e. The van der Waals surface area contributed by atoms with Crippen molar-refractivity contribution < 1.29 is 29.0 Å². The van der Waals surface area contributed by atoms with Crippen molar-refractivity contribution in [3.8, 4) is 0 Å². The molecule has 0 aromatic heterocycles. The van der Waals surface area contributed by atoms with Gasteiger partial charge in [-0.2, -0.15) is 0 Å². The predicted molar refractivity (Wildman–Crippen MR) is 124 cm³/mol. The first-order valence-corrected chi connectivity index (χ1v) is 11.9. The highest BCUT2D eigenvalue weighted by atomic mass is 35.5. The van der Waals surface area contributed by atoms with Crippen molar-refractivity contribution in [2.75, 3.05) is 24.7 Å². The van der Waals surface area contributed by atoms with Crippen LogP contribution >= 0.6 is 11.6 Å². The first-order valence-electron chi connectivity index (χ1n) is 11.5. The summed E-state index contributed by atoms with van der Waals surface area (Å²) in [4.78, 5) is 44.0. The van der Waals surface area contributed by atoms with Gasteiger partial charge in [-0.1, -0.05) is 48.0 Å². The Kier molecular flexibility index (Phi) is 5.78. The number of cyclic esters (lactones) is 1. The van der Waals surface area contributed by atoms with E-state index in [4.69, 9.17) is 21.1 Å². The molecule has 180 valence electrons. The number of para-hydroxylation sites is 1. The Balaban J connectivity index is 1.67. The molecule has 2 fully saturated rings. The van der Waals surface area contributed by atoms with Crippen LogP contribution in [0, 0.1) is 18.8 Å². The summed E-state index contributed by atoms with van der Waals surface area (Å²) in [6.07, 6.45) is 7.07. The molecule has 6 atom stereocenters. The Morgan fingerprint density at radius 2 is 2.03 bits per heavy atom. The topological polar surface area (TPSA) is 96.4 Å². The molecule has 0 radical (unpaired) electrons. The van der Waals surface area contributed by atoms with E-state index >= 15 is 0 Å². The summed E-state index contributed by atoms with van der Waals surface area (Å²) in [6, 6.07) is 3.66. The maximum atomic E-state index is 14.2. The number of fused-ring (bicyclic) bond motifs is 2. The molecule has 4 heterocycles. The number of aliphatic hydroxyl groups excluding tert-OH is 1. The molecular formula is C25H27ClN2O6. The zero-order valence-electron chi connectivity index (χ0n) is 19.0. The van der Waals surface area contributed by atoms with E-state index in [-0.39, 0.29) is 25.7 Å². The summed E-state index contributed by atoms with van der Waals surface area (Å²) in [5.74, 6) is -3.11. The first-order chi connectivity index (χ1) is 16.3. The Bertz CT molecular complexity index is 1080. The lowest BCUT2D eigenvalue weighted by molar-refractivity contribution is -0.155. The van der Waals surface area contributed by atoms with Gasteiger partial charge in [0, 0.05) is 6.54 Å². The van der Waals surface area contributed by atoms with Gasteiger partial charge in [0.05, 0.1) is 42.0 Å². The maximum absolute atomic E-state index is 14.2. The quantitative estimate of drug-likeness (QED) is 0.518. The molecule has 1 aromatic rings. The number of carbonyl (C=O) groups is 3. The largest absolute Gasteiger partial charge is 0.465 e. The summed E-state index contributed by atoms with van der Waals surface area (Å²) >= 11 is 6.50. The number of aryl methyl sites for hydroxylation is 1. The lowest BCUT2D eigenvalue weighted by Crippen LogP contribution is -2.57. The van der Waals surface area contributed by atoms with Gasteiger partial charge in [0.2, 0.25) is 5.91 Å². The fourth-order valence-corrected chi connectivity index (χ4v) is 6.10. The van der Waals surface area contributed by atoms with Crippen molar-refractivity contribution in [2.24, 2.45) is 11.8 Å². The molecular weight excluding hydrogens is 460 g/mol. The standard InChI is InChI=1S/C25H27ClN2O6/c1-14-7-5-8-16(26)20(14)27-11-6-10-25-19(18-17(34-25)9-3-4-12-33-24(18)32)22(30)28(15(2)13-29)21(25)23(27)31/h3,5-10,15,17-19,21,29H,4,11-13H2,1-2H3/t15-,17-,18+,19+,21?,25+/m1/s1. The van der Waals surface area contributed by atoms with E-state index in [9.17, 15) is 19.5 Å². The Morgan fingerprint density at radius 1 is 1.24 bits per heavy atom. The second-order valence-corrected chi connectivity index (χ2v) is 9.67. The minimum absolute atomic E-state index is 0.223. The molecule has 0 bridgehead atoms. The lowest BCUT2D eigenvalue weighted by atomic mass is 9.77. The molecule has 2 amide bonds. The summed E-state index contributed by atoms with van der Waals surface area (Å²) in [6.45, 7) is 3.65. The van der Waals surface area contributed by atoms with Gasteiger partial charge >= 0.3 is 5.97 Å². The Hall–Kier alpha value is -2.68.